The number of hydrogen-bond donors (Lipinski definition) is 2. The smallest absolute Gasteiger partial charge is 0.224 e. The van der Waals surface area contributed by atoms with Crippen LogP contribution in [0.4, 0.5) is 0 Å². The van der Waals surface area contributed by atoms with E-state index < -0.39 is 0 Å². The van der Waals surface area contributed by atoms with E-state index in [1.165, 1.54) is 0 Å². The second-order valence-corrected chi connectivity index (χ2v) is 4.10. The highest BCUT2D eigenvalue weighted by Gasteiger charge is 2.10. The van der Waals surface area contributed by atoms with Crippen LogP contribution in [0, 0.1) is 4.77 Å². The van der Waals surface area contributed by atoms with E-state index in [2.05, 4.69) is 4.98 Å². The SMILES string of the molecule is CCN(CC)C(=O)CCn1c(CO)c[nH]c1=S. The van der Waals surface area contributed by atoms with Crippen LogP contribution in [0.2, 0.25) is 0 Å². The zero-order chi connectivity index (χ0) is 12.8. The molecule has 0 aromatic carbocycles. The first-order chi connectivity index (χ1) is 8.13. The number of nitrogens with zero attached hydrogens (tertiary/aromatic N) is 2. The molecule has 0 radical (unpaired) electrons. The van der Waals surface area contributed by atoms with Gasteiger partial charge in [0.1, 0.15) is 0 Å². The monoisotopic (exact) mass is 257 g/mol. The third-order valence-corrected chi connectivity index (χ3v) is 3.12. The average Bonchev–Trinajstić information content (AvgIpc) is 2.69. The Morgan fingerprint density at radius 2 is 2.18 bits per heavy atom. The minimum atomic E-state index is -0.0768. The van der Waals surface area contributed by atoms with Gasteiger partial charge in [-0.15, -0.1) is 0 Å². The molecule has 0 atom stereocenters. The van der Waals surface area contributed by atoms with E-state index in [-0.39, 0.29) is 12.5 Å². The van der Waals surface area contributed by atoms with Crippen LogP contribution in [-0.4, -0.2) is 38.6 Å². The number of aliphatic hydroxyl groups is 1. The Morgan fingerprint density at radius 3 is 2.71 bits per heavy atom. The lowest BCUT2D eigenvalue weighted by Crippen LogP contribution is -2.31. The number of aromatic amines is 1. The maximum atomic E-state index is 11.8. The molecule has 1 amide bonds. The summed E-state index contributed by atoms with van der Waals surface area (Å²) < 4.78 is 2.30. The Morgan fingerprint density at radius 1 is 1.53 bits per heavy atom. The molecule has 0 aliphatic heterocycles. The van der Waals surface area contributed by atoms with Gasteiger partial charge in [0, 0.05) is 32.3 Å². The van der Waals surface area contributed by atoms with Gasteiger partial charge in [-0.3, -0.25) is 4.79 Å². The number of hydrogen-bond acceptors (Lipinski definition) is 3. The molecule has 0 spiro atoms. The minimum absolute atomic E-state index is 0.0768. The Hall–Kier alpha value is -1.14. The Bertz CT molecular complexity index is 421. The van der Waals surface area contributed by atoms with Crippen molar-refractivity contribution in [3.05, 3.63) is 16.7 Å². The fourth-order valence-electron chi connectivity index (χ4n) is 1.75. The summed E-state index contributed by atoms with van der Waals surface area (Å²) in [6.07, 6.45) is 2.07. The first kappa shape index (κ1) is 13.9. The van der Waals surface area contributed by atoms with Gasteiger partial charge in [-0.2, -0.15) is 0 Å². The number of aromatic nitrogens is 2. The molecule has 1 aromatic rings. The number of aliphatic hydroxyl groups excluding tert-OH is 1. The van der Waals surface area contributed by atoms with Crippen molar-refractivity contribution in [3.63, 3.8) is 0 Å². The number of carbonyl (C=O) groups excluding carboxylic acids is 1. The quantitative estimate of drug-likeness (QED) is 0.755. The fraction of sp³-hybridized carbons (Fsp3) is 0.636. The maximum Gasteiger partial charge on any atom is 0.224 e. The molecule has 0 bridgehead atoms. The van der Waals surface area contributed by atoms with Crippen LogP contribution < -0.4 is 0 Å². The molecule has 0 unspecified atom stereocenters. The average molecular weight is 257 g/mol. The van der Waals surface area contributed by atoms with Gasteiger partial charge in [0.2, 0.25) is 5.91 Å². The zero-order valence-corrected chi connectivity index (χ0v) is 11.1. The lowest BCUT2D eigenvalue weighted by Gasteiger charge is -2.18. The van der Waals surface area contributed by atoms with E-state index >= 15 is 0 Å². The third kappa shape index (κ3) is 3.41. The molecule has 17 heavy (non-hydrogen) atoms. The molecule has 0 aliphatic carbocycles. The molecule has 0 aliphatic rings. The van der Waals surface area contributed by atoms with E-state index in [0.717, 1.165) is 13.1 Å². The molecule has 1 rings (SSSR count). The van der Waals surface area contributed by atoms with Crippen molar-refractivity contribution in [2.24, 2.45) is 0 Å². The number of imidazole rings is 1. The third-order valence-electron chi connectivity index (χ3n) is 2.78. The van der Waals surface area contributed by atoms with E-state index in [1.54, 1.807) is 15.7 Å². The van der Waals surface area contributed by atoms with E-state index in [0.29, 0.717) is 23.4 Å². The van der Waals surface area contributed by atoms with Crippen molar-refractivity contribution >= 4 is 18.1 Å². The molecule has 96 valence electrons. The first-order valence-electron chi connectivity index (χ1n) is 5.79. The van der Waals surface area contributed by atoms with Crippen LogP contribution >= 0.6 is 12.2 Å². The maximum absolute atomic E-state index is 11.8. The van der Waals surface area contributed by atoms with Crippen LogP contribution in [0.1, 0.15) is 26.0 Å². The summed E-state index contributed by atoms with van der Waals surface area (Å²) in [6.45, 7) is 5.80. The van der Waals surface area contributed by atoms with E-state index in [1.807, 2.05) is 13.8 Å². The van der Waals surface area contributed by atoms with E-state index in [4.69, 9.17) is 17.3 Å². The highest BCUT2D eigenvalue weighted by atomic mass is 32.1. The minimum Gasteiger partial charge on any atom is -0.390 e. The van der Waals surface area contributed by atoms with Gasteiger partial charge in [0.15, 0.2) is 4.77 Å². The summed E-state index contributed by atoms with van der Waals surface area (Å²) in [6, 6.07) is 0. The van der Waals surface area contributed by atoms with Crippen molar-refractivity contribution in [1.82, 2.24) is 14.5 Å². The van der Waals surface area contributed by atoms with Crippen molar-refractivity contribution in [1.29, 1.82) is 0 Å². The Kier molecular flexibility index (Phi) is 5.37. The molecule has 1 aromatic heterocycles. The number of nitrogens with one attached hydrogen (secondary N) is 1. The van der Waals surface area contributed by atoms with Crippen LogP contribution in [0.3, 0.4) is 0 Å². The van der Waals surface area contributed by atoms with Gasteiger partial charge in [0.25, 0.3) is 0 Å². The molecule has 6 heteroatoms. The molecule has 1 heterocycles. The van der Waals surface area contributed by atoms with Crippen LogP contribution in [0.15, 0.2) is 6.20 Å². The molecular weight excluding hydrogens is 238 g/mol. The molecule has 2 N–H and O–H groups in total. The lowest BCUT2D eigenvalue weighted by atomic mass is 10.3. The molecule has 0 saturated heterocycles. The number of amides is 1. The summed E-state index contributed by atoms with van der Waals surface area (Å²) in [5, 5.41) is 9.12. The van der Waals surface area contributed by atoms with Gasteiger partial charge >= 0.3 is 0 Å². The van der Waals surface area contributed by atoms with Crippen molar-refractivity contribution in [2.75, 3.05) is 13.1 Å². The van der Waals surface area contributed by atoms with Gasteiger partial charge in [-0.05, 0) is 26.1 Å². The fourth-order valence-corrected chi connectivity index (χ4v) is 2.02. The molecule has 0 fully saturated rings. The standard InChI is InChI=1S/C11H19N3O2S/c1-3-13(4-2)10(16)5-6-14-9(8-15)7-12-11(14)17/h7,15H,3-6,8H2,1-2H3,(H,12,17). The normalized spacial score (nSPS) is 10.5. The molecular formula is C11H19N3O2S. The second kappa shape index (κ2) is 6.56. The number of carbonyl (C=O) groups is 1. The highest BCUT2D eigenvalue weighted by Crippen LogP contribution is 2.04. The topological polar surface area (TPSA) is 61.3 Å². The molecule has 5 nitrogen and oxygen atoms in total. The predicted octanol–water partition coefficient (Wildman–Crippen LogP) is 1.30. The predicted molar refractivity (Wildman–Crippen MR) is 68.1 cm³/mol. The van der Waals surface area contributed by atoms with Gasteiger partial charge in [-0.1, -0.05) is 0 Å². The lowest BCUT2D eigenvalue weighted by molar-refractivity contribution is -0.131. The largest absolute Gasteiger partial charge is 0.390 e. The summed E-state index contributed by atoms with van der Waals surface area (Å²) in [5.41, 5.74) is 0.711. The summed E-state index contributed by atoms with van der Waals surface area (Å²) in [7, 11) is 0. The summed E-state index contributed by atoms with van der Waals surface area (Å²) >= 11 is 5.08. The van der Waals surface area contributed by atoms with E-state index in [9.17, 15) is 4.79 Å². The Labute approximate surface area is 106 Å². The van der Waals surface area contributed by atoms with Crippen LogP contribution in [0.25, 0.3) is 0 Å². The van der Waals surface area contributed by atoms with Crippen molar-refractivity contribution in [3.8, 4) is 0 Å². The van der Waals surface area contributed by atoms with Gasteiger partial charge in [-0.25, -0.2) is 0 Å². The van der Waals surface area contributed by atoms with Crippen molar-refractivity contribution < 1.29 is 9.90 Å². The zero-order valence-electron chi connectivity index (χ0n) is 10.3. The number of H-pyrrole nitrogens is 1. The van der Waals surface area contributed by atoms with Crippen molar-refractivity contribution in [2.45, 2.75) is 33.4 Å². The van der Waals surface area contributed by atoms with Crippen LogP contribution in [0.5, 0.6) is 0 Å². The molecule has 0 saturated carbocycles. The number of rotatable bonds is 6. The first-order valence-corrected chi connectivity index (χ1v) is 6.20. The van der Waals surface area contributed by atoms with Gasteiger partial charge in [0.05, 0.1) is 12.3 Å². The Balaban J connectivity index is 2.64. The second-order valence-electron chi connectivity index (χ2n) is 3.71. The summed E-state index contributed by atoms with van der Waals surface area (Å²) in [4.78, 5) is 16.5. The van der Waals surface area contributed by atoms with Gasteiger partial charge < -0.3 is 19.6 Å². The highest BCUT2D eigenvalue weighted by molar-refractivity contribution is 7.71. The van der Waals surface area contributed by atoms with Crippen LogP contribution in [-0.2, 0) is 17.9 Å². The summed E-state index contributed by atoms with van der Waals surface area (Å²) in [5.74, 6) is 0.113.